The summed E-state index contributed by atoms with van der Waals surface area (Å²) in [4.78, 5) is 16.7. The van der Waals surface area contributed by atoms with Crippen LogP contribution in [-0.4, -0.2) is 10.9 Å². The molecule has 0 aliphatic heterocycles. The number of rotatable bonds is 3. The van der Waals surface area contributed by atoms with Crippen molar-refractivity contribution in [3.63, 3.8) is 0 Å². The zero-order valence-corrected chi connectivity index (χ0v) is 14.7. The number of hydrogen-bond donors (Lipinski definition) is 1. The zero-order chi connectivity index (χ0) is 16.6. The first-order valence-electron chi connectivity index (χ1n) is 8.22. The molecule has 122 valence electrons. The van der Waals surface area contributed by atoms with Gasteiger partial charge in [-0.3, -0.25) is 4.79 Å². The van der Waals surface area contributed by atoms with Crippen molar-refractivity contribution < 1.29 is 4.79 Å². The Kier molecular flexibility index (Phi) is 4.33. The van der Waals surface area contributed by atoms with Crippen LogP contribution in [0.5, 0.6) is 0 Å². The van der Waals surface area contributed by atoms with Crippen LogP contribution in [-0.2, 0) is 11.2 Å². The maximum absolute atomic E-state index is 12.1. The molecule has 1 aromatic carbocycles. The zero-order valence-electron chi connectivity index (χ0n) is 13.9. The van der Waals surface area contributed by atoms with E-state index < -0.39 is 0 Å². The predicted molar refractivity (Wildman–Crippen MR) is 95.9 cm³/mol. The second-order valence-corrected chi connectivity index (χ2v) is 8.11. The number of pyridine rings is 1. The first-order chi connectivity index (χ1) is 10.8. The lowest BCUT2D eigenvalue weighted by Crippen LogP contribution is -2.28. The maximum Gasteiger partial charge on any atom is 0.228 e. The third kappa shape index (κ3) is 3.84. The Labute approximate surface area is 142 Å². The molecule has 0 atom stereocenters. The van der Waals surface area contributed by atoms with Crippen molar-refractivity contribution in [2.45, 2.75) is 46.5 Å². The topological polar surface area (TPSA) is 42.0 Å². The summed E-state index contributed by atoms with van der Waals surface area (Å²) in [6.07, 6.45) is 4.05. The minimum Gasteiger partial charge on any atom is -0.309 e. The number of nitrogens with zero attached hydrogens (tertiary/aromatic N) is 1. The molecule has 1 aliphatic carbocycles. The highest BCUT2D eigenvalue weighted by Crippen LogP contribution is 2.31. The van der Waals surface area contributed by atoms with Crippen LogP contribution in [0.4, 0.5) is 5.82 Å². The number of amides is 1. The van der Waals surface area contributed by atoms with Gasteiger partial charge >= 0.3 is 0 Å². The highest BCUT2D eigenvalue weighted by Gasteiger charge is 2.26. The number of benzene rings is 1. The van der Waals surface area contributed by atoms with Crippen molar-refractivity contribution in [2.75, 3.05) is 5.32 Å². The maximum atomic E-state index is 12.1. The molecule has 0 radical (unpaired) electrons. The van der Waals surface area contributed by atoms with Gasteiger partial charge in [0.25, 0.3) is 0 Å². The fraction of sp³-hybridized carbons (Fsp3) is 0.474. The summed E-state index contributed by atoms with van der Waals surface area (Å²) in [5.41, 5.74) is 2.35. The second kappa shape index (κ2) is 6.12. The summed E-state index contributed by atoms with van der Waals surface area (Å²) >= 11 is 6.28. The van der Waals surface area contributed by atoms with E-state index in [0.717, 1.165) is 36.6 Å². The van der Waals surface area contributed by atoms with Crippen LogP contribution in [0.1, 0.15) is 45.6 Å². The molecule has 1 amide bonds. The minimum absolute atomic E-state index is 0.0378. The van der Waals surface area contributed by atoms with Gasteiger partial charge in [-0.2, -0.15) is 0 Å². The number of aromatic nitrogens is 1. The van der Waals surface area contributed by atoms with Crippen LogP contribution in [0.15, 0.2) is 24.3 Å². The number of halogens is 1. The molecule has 1 aliphatic rings. The highest BCUT2D eigenvalue weighted by molar-refractivity contribution is 6.34. The molecule has 3 rings (SSSR count). The van der Waals surface area contributed by atoms with Gasteiger partial charge in [0.15, 0.2) is 5.82 Å². The summed E-state index contributed by atoms with van der Waals surface area (Å²) in [7, 11) is 0. The fourth-order valence-electron chi connectivity index (χ4n) is 2.89. The first-order valence-corrected chi connectivity index (χ1v) is 8.60. The molecule has 1 heterocycles. The molecule has 23 heavy (non-hydrogen) atoms. The quantitative estimate of drug-likeness (QED) is 0.838. The largest absolute Gasteiger partial charge is 0.309 e. The summed E-state index contributed by atoms with van der Waals surface area (Å²) in [6, 6.07) is 8.14. The lowest BCUT2D eigenvalue weighted by atomic mass is 9.85. The summed E-state index contributed by atoms with van der Waals surface area (Å²) in [5, 5.41) is 4.38. The molecular weight excluding hydrogens is 308 g/mol. The summed E-state index contributed by atoms with van der Waals surface area (Å²) in [5.74, 6) is 0.635. The standard InChI is InChI=1S/C19H23ClN2O/c1-19(2,3)11-12-7-8-14-10-15(20)17(21-16(14)9-12)22-18(23)13-5-4-6-13/h7-10,13H,4-6,11H2,1-3H3,(H,21,22,23). The monoisotopic (exact) mass is 330 g/mol. The molecule has 1 N–H and O–H groups in total. The van der Waals surface area contributed by atoms with E-state index in [1.807, 2.05) is 12.1 Å². The molecule has 1 aromatic heterocycles. The fourth-order valence-corrected chi connectivity index (χ4v) is 3.09. The molecule has 0 unspecified atom stereocenters. The van der Waals surface area contributed by atoms with Crippen LogP contribution in [0.3, 0.4) is 0 Å². The van der Waals surface area contributed by atoms with Gasteiger partial charge in [0.2, 0.25) is 5.91 Å². The predicted octanol–water partition coefficient (Wildman–Crippen LogP) is 5.22. The van der Waals surface area contributed by atoms with Crippen LogP contribution >= 0.6 is 11.6 Å². The number of nitrogens with one attached hydrogen (secondary N) is 1. The Balaban J connectivity index is 1.89. The number of carbonyl (C=O) groups excluding carboxylic acids is 1. The molecule has 1 saturated carbocycles. The number of anilines is 1. The Morgan fingerprint density at radius 1 is 1.30 bits per heavy atom. The van der Waals surface area contributed by atoms with Gasteiger partial charge in [0.1, 0.15) is 0 Å². The van der Waals surface area contributed by atoms with Gasteiger partial charge in [0.05, 0.1) is 10.5 Å². The van der Waals surface area contributed by atoms with E-state index in [-0.39, 0.29) is 17.2 Å². The normalized spacial score (nSPS) is 15.5. The lowest BCUT2D eigenvalue weighted by molar-refractivity contribution is -0.122. The number of fused-ring (bicyclic) bond motifs is 1. The van der Waals surface area contributed by atoms with E-state index in [9.17, 15) is 4.79 Å². The van der Waals surface area contributed by atoms with Crippen molar-refractivity contribution in [2.24, 2.45) is 11.3 Å². The van der Waals surface area contributed by atoms with Crippen LogP contribution in [0.2, 0.25) is 5.02 Å². The van der Waals surface area contributed by atoms with Gasteiger partial charge in [-0.05, 0) is 42.4 Å². The third-order valence-corrected chi connectivity index (χ3v) is 4.58. The SMILES string of the molecule is CC(C)(C)Cc1ccc2cc(Cl)c(NC(=O)C3CCC3)nc2c1. The van der Waals surface area contributed by atoms with E-state index >= 15 is 0 Å². The number of carbonyl (C=O) groups is 1. The van der Waals surface area contributed by atoms with Gasteiger partial charge in [-0.1, -0.05) is 50.9 Å². The Morgan fingerprint density at radius 2 is 2.04 bits per heavy atom. The van der Waals surface area contributed by atoms with Crippen molar-refractivity contribution >= 4 is 34.2 Å². The highest BCUT2D eigenvalue weighted by atomic mass is 35.5. The molecule has 0 bridgehead atoms. The van der Waals surface area contributed by atoms with Crippen molar-refractivity contribution in [1.82, 2.24) is 4.98 Å². The van der Waals surface area contributed by atoms with E-state index in [2.05, 4.69) is 43.2 Å². The Bertz CT molecular complexity index is 745. The van der Waals surface area contributed by atoms with Crippen molar-refractivity contribution in [3.8, 4) is 0 Å². The molecule has 2 aromatic rings. The van der Waals surface area contributed by atoms with Crippen LogP contribution in [0, 0.1) is 11.3 Å². The number of hydrogen-bond acceptors (Lipinski definition) is 2. The molecule has 1 fully saturated rings. The Morgan fingerprint density at radius 3 is 2.65 bits per heavy atom. The van der Waals surface area contributed by atoms with E-state index in [1.165, 1.54) is 5.56 Å². The molecule has 0 saturated heterocycles. The van der Waals surface area contributed by atoms with Gasteiger partial charge in [-0.25, -0.2) is 4.98 Å². The Hall–Kier alpha value is -1.61. The summed E-state index contributed by atoms with van der Waals surface area (Å²) < 4.78 is 0. The summed E-state index contributed by atoms with van der Waals surface area (Å²) in [6.45, 7) is 6.66. The van der Waals surface area contributed by atoms with E-state index in [4.69, 9.17) is 11.6 Å². The van der Waals surface area contributed by atoms with Gasteiger partial charge < -0.3 is 5.32 Å². The van der Waals surface area contributed by atoms with Crippen LogP contribution < -0.4 is 5.32 Å². The van der Waals surface area contributed by atoms with Gasteiger partial charge in [0, 0.05) is 11.3 Å². The van der Waals surface area contributed by atoms with Crippen molar-refractivity contribution in [3.05, 3.63) is 34.9 Å². The van der Waals surface area contributed by atoms with Crippen molar-refractivity contribution in [1.29, 1.82) is 0 Å². The van der Waals surface area contributed by atoms with E-state index in [1.54, 1.807) is 0 Å². The average molecular weight is 331 g/mol. The lowest BCUT2D eigenvalue weighted by Gasteiger charge is -2.24. The van der Waals surface area contributed by atoms with Crippen LogP contribution in [0.25, 0.3) is 10.9 Å². The molecule has 0 spiro atoms. The molecular formula is C19H23ClN2O. The third-order valence-electron chi connectivity index (χ3n) is 4.29. The smallest absolute Gasteiger partial charge is 0.228 e. The first kappa shape index (κ1) is 16.3. The second-order valence-electron chi connectivity index (χ2n) is 7.70. The van der Waals surface area contributed by atoms with E-state index in [0.29, 0.717) is 10.8 Å². The molecule has 3 nitrogen and oxygen atoms in total. The van der Waals surface area contributed by atoms with Gasteiger partial charge in [-0.15, -0.1) is 0 Å². The minimum atomic E-state index is 0.0378. The average Bonchev–Trinajstić information content (AvgIpc) is 2.36. The molecule has 4 heteroatoms.